The standard InChI is InChI=1S/C22H18N3/c1-3-22(4-2-18(1)17-19-5-11-23-12-6-19)25-15-9-21(10-16-25)20-7-13-24-14-8-20/h1-16H,17H2/q+1. The normalized spacial score (nSPS) is 10.6. The van der Waals surface area contributed by atoms with Crippen molar-refractivity contribution in [2.75, 3.05) is 0 Å². The highest BCUT2D eigenvalue weighted by Gasteiger charge is 2.07. The number of nitrogens with zero attached hydrogens (tertiary/aromatic N) is 3. The van der Waals surface area contributed by atoms with Crippen molar-refractivity contribution in [1.82, 2.24) is 9.97 Å². The highest BCUT2D eigenvalue weighted by molar-refractivity contribution is 5.61. The van der Waals surface area contributed by atoms with Crippen molar-refractivity contribution in [3.8, 4) is 16.8 Å². The van der Waals surface area contributed by atoms with Crippen molar-refractivity contribution in [2.24, 2.45) is 0 Å². The molecule has 3 nitrogen and oxygen atoms in total. The molecule has 0 radical (unpaired) electrons. The van der Waals surface area contributed by atoms with E-state index in [0.717, 1.165) is 12.1 Å². The zero-order valence-corrected chi connectivity index (χ0v) is 13.8. The van der Waals surface area contributed by atoms with Crippen LogP contribution < -0.4 is 4.57 Å². The minimum absolute atomic E-state index is 0.925. The van der Waals surface area contributed by atoms with E-state index in [9.17, 15) is 0 Å². The fourth-order valence-corrected chi connectivity index (χ4v) is 2.86. The number of hydrogen-bond donors (Lipinski definition) is 0. The molecule has 0 aliphatic heterocycles. The summed E-state index contributed by atoms with van der Waals surface area (Å²) in [4.78, 5) is 8.13. The van der Waals surface area contributed by atoms with Gasteiger partial charge in [0.1, 0.15) is 0 Å². The Morgan fingerprint density at radius 1 is 0.560 bits per heavy atom. The zero-order chi connectivity index (χ0) is 16.9. The van der Waals surface area contributed by atoms with Crippen molar-refractivity contribution < 1.29 is 4.57 Å². The largest absolute Gasteiger partial charge is 0.265 e. The summed E-state index contributed by atoms with van der Waals surface area (Å²) < 4.78 is 2.13. The number of hydrogen-bond acceptors (Lipinski definition) is 2. The molecule has 4 rings (SSSR count). The van der Waals surface area contributed by atoms with Crippen LogP contribution in [-0.4, -0.2) is 9.97 Å². The number of rotatable bonds is 4. The highest BCUT2D eigenvalue weighted by Crippen LogP contribution is 2.16. The Kier molecular flexibility index (Phi) is 4.29. The lowest BCUT2D eigenvalue weighted by Gasteiger charge is -2.03. The first-order chi connectivity index (χ1) is 12.4. The number of aromatic nitrogens is 3. The smallest absolute Gasteiger partial charge is 0.210 e. The molecule has 0 saturated heterocycles. The third-order valence-corrected chi connectivity index (χ3v) is 4.24. The van der Waals surface area contributed by atoms with Gasteiger partial charge in [0, 0.05) is 49.1 Å². The molecule has 0 atom stereocenters. The van der Waals surface area contributed by atoms with Gasteiger partial charge in [-0.1, -0.05) is 12.1 Å². The van der Waals surface area contributed by atoms with Gasteiger partial charge < -0.3 is 0 Å². The molecule has 0 saturated carbocycles. The fourth-order valence-electron chi connectivity index (χ4n) is 2.86. The summed E-state index contributed by atoms with van der Waals surface area (Å²) in [7, 11) is 0. The predicted molar refractivity (Wildman–Crippen MR) is 98.2 cm³/mol. The minimum Gasteiger partial charge on any atom is -0.265 e. The predicted octanol–water partition coefficient (Wildman–Crippen LogP) is 4.01. The summed E-state index contributed by atoms with van der Waals surface area (Å²) in [5.41, 5.74) is 6.09. The first-order valence-electron chi connectivity index (χ1n) is 8.28. The molecular weight excluding hydrogens is 306 g/mol. The summed E-state index contributed by atoms with van der Waals surface area (Å²) in [5.74, 6) is 0. The summed E-state index contributed by atoms with van der Waals surface area (Å²) >= 11 is 0. The molecule has 4 aromatic rings. The maximum atomic E-state index is 4.07. The van der Waals surface area contributed by atoms with Crippen LogP contribution >= 0.6 is 0 Å². The Labute approximate surface area is 147 Å². The van der Waals surface area contributed by atoms with Gasteiger partial charge in [-0.25, -0.2) is 0 Å². The second-order valence-corrected chi connectivity index (χ2v) is 5.93. The van der Waals surface area contributed by atoms with Crippen molar-refractivity contribution >= 4 is 0 Å². The average Bonchev–Trinajstić information content (AvgIpc) is 2.70. The lowest BCUT2D eigenvalue weighted by Crippen LogP contribution is -2.29. The topological polar surface area (TPSA) is 29.7 Å². The van der Waals surface area contributed by atoms with Gasteiger partial charge in [0.05, 0.1) is 0 Å². The van der Waals surface area contributed by atoms with Crippen LogP contribution in [0.25, 0.3) is 16.8 Å². The molecule has 120 valence electrons. The Morgan fingerprint density at radius 2 is 1.08 bits per heavy atom. The average molecular weight is 324 g/mol. The van der Waals surface area contributed by atoms with Gasteiger partial charge in [0.25, 0.3) is 0 Å². The minimum atomic E-state index is 0.925. The van der Waals surface area contributed by atoms with Gasteiger partial charge in [-0.3, -0.25) is 9.97 Å². The summed E-state index contributed by atoms with van der Waals surface area (Å²) in [6.45, 7) is 0. The molecule has 0 spiro atoms. The molecule has 25 heavy (non-hydrogen) atoms. The molecule has 0 aliphatic carbocycles. The van der Waals surface area contributed by atoms with E-state index < -0.39 is 0 Å². The first kappa shape index (κ1) is 15.2. The molecular formula is C22H18N3+. The lowest BCUT2D eigenvalue weighted by atomic mass is 10.1. The van der Waals surface area contributed by atoms with Crippen LogP contribution in [0.2, 0.25) is 0 Å². The fraction of sp³-hybridized carbons (Fsp3) is 0.0455. The van der Waals surface area contributed by atoms with Crippen molar-refractivity contribution in [1.29, 1.82) is 0 Å². The monoisotopic (exact) mass is 324 g/mol. The lowest BCUT2D eigenvalue weighted by molar-refractivity contribution is -0.595. The molecule has 0 unspecified atom stereocenters. The third kappa shape index (κ3) is 3.61. The van der Waals surface area contributed by atoms with Gasteiger partial charge in [0.15, 0.2) is 12.4 Å². The van der Waals surface area contributed by atoms with E-state index in [1.54, 1.807) is 0 Å². The van der Waals surface area contributed by atoms with Gasteiger partial charge >= 0.3 is 0 Å². The molecule has 0 aliphatic rings. The quantitative estimate of drug-likeness (QED) is 0.531. The van der Waals surface area contributed by atoms with Crippen LogP contribution in [0.5, 0.6) is 0 Å². The van der Waals surface area contributed by atoms with Crippen LogP contribution in [0.3, 0.4) is 0 Å². The van der Waals surface area contributed by atoms with Crippen LogP contribution in [0.4, 0.5) is 0 Å². The Balaban J connectivity index is 1.52. The first-order valence-corrected chi connectivity index (χ1v) is 8.28. The van der Waals surface area contributed by atoms with Crippen molar-refractivity contribution in [3.63, 3.8) is 0 Å². The van der Waals surface area contributed by atoms with Crippen molar-refractivity contribution in [3.05, 3.63) is 109 Å². The second kappa shape index (κ2) is 7.05. The van der Waals surface area contributed by atoms with Crippen molar-refractivity contribution in [2.45, 2.75) is 6.42 Å². The summed E-state index contributed by atoms with van der Waals surface area (Å²) in [6.07, 6.45) is 12.4. The van der Waals surface area contributed by atoms with E-state index in [4.69, 9.17) is 0 Å². The third-order valence-electron chi connectivity index (χ3n) is 4.24. The van der Waals surface area contributed by atoms with E-state index in [0.29, 0.717) is 0 Å². The molecule has 0 N–H and O–H groups in total. The van der Waals surface area contributed by atoms with E-state index >= 15 is 0 Å². The van der Waals surface area contributed by atoms with Crippen LogP contribution in [-0.2, 0) is 6.42 Å². The zero-order valence-electron chi connectivity index (χ0n) is 13.8. The van der Waals surface area contributed by atoms with Gasteiger partial charge in [-0.05, 0) is 52.9 Å². The summed E-state index contributed by atoms with van der Waals surface area (Å²) in [5, 5.41) is 0. The second-order valence-electron chi connectivity index (χ2n) is 5.93. The van der Waals surface area contributed by atoms with Gasteiger partial charge in [0.2, 0.25) is 5.69 Å². The molecule has 0 fully saturated rings. The maximum Gasteiger partial charge on any atom is 0.210 e. The molecule has 0 bridgehead atoms. The highest BCUT2D eigenvalue weighted by atomic mass is 14.9. The van der Waals surface area contributed by atoms with E-state index in [1.165, 1.54) is 22.3 Å². The van der Waals surface area contributed by atoms with Gasteiger partial charge in [-0.15, -0.1) is 0 Å². The molecule has 0 amide bonds. The Morgan fingerprint density at radius 3 is 1.72 bits per heavy atom. The SMILES string of the molecule is c1cc(Cc2ccc(-[n+]3ccc(-c4ccncc4)cc3)cc2)ccn1. The van der Waals surface area contributed by atoms with E-state index in [-0.39, 0.29) is 0 Å². The molecule has 3 aromatic heterocycles. The summed E-state index contributed by atoms with van der Waals surface area (Å²) in [6, 6.07) is 21.1. The van der Waals surface area contributed by atoms with E-state index in [1.807, 2.05) is 36.9 Å². The number of pyridine rings is 3. The number of benzene rings is 1. The Hall–Kier alpha value is -3.33. The van der Waals surface area contributed by atoms with Crippen LogP contribution in [0, 0.1) is 0 Å². The molecule has 1 aromatic carbocycles. The molecule has 3 heteroatoms. The Bertz CT molecular complexity index is 932. The maximum absolute atomic E-state index is 4.07. The molecule has 3 heterocycles. The van der Waals surface area contributed by atoms with E-state index in [2.05, 4.69) is 75.5 Å². The van der Waals surface area contributed by atoms with Crippen LogP contribution in [0.15, 0.2) is 97.8 Å². The van der Waals surface area contributed by atoms with Crippen LogP contribution in [0.1, 0.15) is 11.1 Å². The van der Waals surface area contributed by atoms with Gasteiger partial charge in [-0.2, -0.15) is 4.57 Å².